The number of aromatic hydroxyl groups is 1. The average Bonchev–Trinajstić information content (AvgIpc) is 2.70. The molecule has 0 bridgehead atoms. The Morgan fingerprint density at radius 1 is 1.00 bits per heavy atom. The topological polar surface area (TPSA) is 87.4 Å². The van der Waals surface area contributed by atoms with E-state index >= 15 is 0 Å². The molecule has 0 spiro atoms. The molecular formula is C24H27N3O3. The van der Waals surface area contributed by atoms with E-state index < -0.39 is 16.8 Å². The lowest BCUT2D eigenvalue weighted by atomic mass is 9.89. The molecule has 3 rings (SSSR count). The first-order valence-electron chi connectivity index (χ1n) is 9.97. The van der Waals surface area contributed by atoms with Crippen molar-refractivity contribution in [2.75, 3.05) is 6.54 Å². The van der Waals surface area contributed by atoms with Crippen molar-refractivity contribution in [2.24, 2.45) is 4.99 Å². The normalized spacial score (nSPS) is 12.0. The molecule has 6 heteroatoms. The molecule has 1 aromatic heterocycles. The maximum Gasteiger partial charge on any atom is 0.331 e. The van der Waals surface area contributed by atoms with Crippen molar-refractivity contribution in [1.29, 1.82) is 0 Å². The van der Waals surface area contributed by atoms with Crippen LogP contribution < -0.4 is 11.2 Å². The van der Waals surface area contributed by atoms with Crippen molar-refractivity contribution >= 4 is 6.21 Å². The van der Waals surface area contributed by atoms with E-state index in [0.717, 1.165) is 11.0 Å². The zero-order chi connectivity index (χ0) is 21.7. The summed E-state index contributed by atoms with van der Waals surface area (Å²) in [5.74, 6) is -0.206. The summed E-state index contributed by atoms with van der Waals surface area (Å²) in [4.78, 5) is 30.9. The minimum atomic E-state index is -0.681. The smallest absolute Gasteiger partial charge is 0.331 e. The molecular weight excluding hydrogens is 378 g/mol. The predicted molar refractivity (Wildman–Crippen MR) is 120 cm³/mol. The van der Waals surface area contributed by atoms with Gasteiger partial charge in [-0.05, 0) is 38.3 Å². The Bertz CT molecular complexity index is 1080. The number of aromatic nitrogens is 2. The zero-order valence-electron chi connectivity index (χ0n) is 17.5. The zero-order valence-corrected chi connectivity index (χ0v) is 17.5. The van der Waals surface area contributed by atoms with Crippen LogP contribution >= 0.6 is 0 Å². The second-order valence-electron chi connectivity index (χ2n) is 8.20. The monoisotopic (exact) mass is 405 g/mol. The van der Waals surface area contributed by atoms with Gasteiger partial charge >= 0.3 is 5.69 Å². The maximum absolute atomic E-state index is 12.2. The molecule has 0 atom stereocenters. The summed E-state index contributed by atoms with van der Waals surface area (Å²) in [6.07, 6.45) is 2.09. The minimum Gasteiger partial charge on any atom is -0.494 e. The van der Waals surface area contributed by atoms with E-state index in [2.05, 4.69) is 34.2 Å². The number of nitrogens with zero attached hydrogens (tertiary/aromatic N) is 2. The molecule has 1 heterocycles. The Balaban J connectivity index is 1.84. The lowest BCUT2D eigenvalue weighted by molar-refractivity contribution is 0.305. The van der Waals surface area contributed by atoms with Crippen molar-refractivity contribution in [3.8, 4) is 5.88 Å². The van der Waals surface area contributed by atoms with Crippen molar-refractivity contribution in [1.82, 2.24) is 9.55 Å². The van der Waals surface area contributed by atoms with Gasteiger partial charge in [0.25, 0.3) is 5.56 Å². The standard InChI is InChI=1S/C24H27N3O3/c1-24(2,3)27-22(29)20(21(28)26-23(27)30)16-25-15-14-19(17-10-6-4-7-11-17)18-12-8-5-9-13-18/h4-13,16,19,29H,14-15H2,1-3H3,(H,26,28,30). The van der Waals surface area contributed by atoms with Gasteiger partial charge in [-0.15, -0.1) is 0 Å². The molecule has 30 heavy (non-hydrogen) atoms. The fourth-order valence-corrected chi connectivity index (χ4v) is 3.53. The van der Waals surface area contributed by atoms with Crippen molar-refractivity contribution in [3.63, 3.8) is 0 Å². The SMILES string of the molecule is CC(C)(C)n1c(O)c(C=NCCC(c2ccccc2)c2ccccc2)c(=O)[nH]c1=O. The maximum atomic E-state index is 12.2. The number of aliphatic imine (C=N–C) groups is 1. The highest BCUT2D eigenvalue weighted by Gasteiger charge is 2.22. The van der Waals surface area contributed by atoms with Gasteiger partial charge in [0.05, 0.1) is 0 Å². The summed E-state index contributed by atoms with van der Waals surface area (Å²) in [5, 5.41) is 10.5. The Morgan fingerprint density at radius 2 is 1.53 bits per heavy atom. The van der Waals surface area contributed by atoms with Crippen LogP contribution in [0.4, 0.5) is 0 Å². The first-order valence-corrected chi connectivity index (χ1v) is 9.97. The van der Waals surface area contributed by atoms with Gasteiger partial charge in [0.1, 0.15) is 5.56 Å². The first-order chi connectivity index (χ1) is 14.3. The molecule has 2 aromatic carbocycles. The van der Waals surface area contributed by atoms with Gasteiger partial charge < -0.3 is 5.11 Å². The van der Waals surface area contributed by atoms with Crippen molar-refractivity contribution < 1.29 is 5.11 Å². The molecule has 0 saturated heterocycles. The molecule has 0 radical (unpaired) electrons. The number of H-pyrrole nitrogens is 1. The van der Waals surface area contributed by atoms with Gasteiger partial charge in [-0.25, -0.2) is 4.79 Å². The van der Waals surface area contributed by atoms with Crippen LogP contribution in [-0.4, -0.2) is 27.4 Å². The molecule has 0 unspecified atom stereocenters. The molecule has 0 amide bonds. The lowest BCUT2D eigenvalue weighted by Crippen LogP contribution is -2.40. The molecule has 156 valence electrons. The highest BCUT2D eigenvalue weighted by molar-refractivity contribution is 5.81. The number of rotatable bonds is 6. The Morgan fingerprint density at radius 3 is 2.03 bits per heavy atom. The number of hydrogen-bond acceptors (Lipinski definition) is 4. The molecule has 0 aliphatic heterocycles. The summed E-state index contributed by atoms with van der Waals surface area (Å²) >= 11 is 0. The van der Waals surface area contributed by atoms with E-state index in [-0.39, 0.29) is 17.4 Å². The van der Waals surface area contributed by atoms with Crippen molar-refractivity contribution in [3.05, 3.63) is 98.2 Å². The van der Waals surface area contributed by atoms with Gasteiger partial charge in [-0.3, -0.25) is 19.3 Å². The Kier molecular flexibility index (Phi) is 6.35. The average molecular weight is 405 g/mol. The second kappa shape index (κ2) is 8.95. The van der Waals surface area contributed by atoms with Crippen LogP contribution in [0.5, 0.6) is 5.88 Å². The summed E-state index contributed by atoms with van der Waals surface area (Å²) in [7, 11) is 0. The fourth-order valence-electron chi connectivity index (χ4n) is 3.53. The fraction of sp³-hybridized carbons (Fsp3) is 0.292. The van der Waals surface area contributed by atoms with Crippen LogP contribution in [0.2, 0.25) is 0 Å². The third-order valence-corrected chi connectivity index (χ3v) is 4.96. The predicted octanol–water partition coefficient (Wildman–Crippen LogP) is 3.64. The third-order valence-electron chi connectivity index (χ3n) is 4.96. The van der Waals surface area contributed by atoms with Gasteiger partial charge in [-0.2, -0.15) is 0 Å². The van der Waals surface area contributed by atoms with Crippen LogP contribution in [0.3, 0.4) is 0 Å². The summed E-state index contributed by atoms with van der Waals surface area (Å²) in [6.45, 7) is 5.79. The summed E-state index contributed by atoms with van der Waals surface area (Å²) in [6, 6.07) is 20.4. The second-order valence-corrected chi connectivity index (χ2v) is 8.20. The van der Waals surface area contributed by atoms with Crippen LogP contribution in [0.25, 0.3) is 0 Å². The Hall–Kier alpha value is -3.41. The van der Waals surface area contributed by atoms with E-state index in [1.807, 2.05) is 36.4 Å². The van der Waals surface area contributed by atoms with Gasteiger partial charge in [0, 0.05) is 24.2 Å². The van der Waals surface area contributed by atoms with Crippen LogP contribution in [0, 0.1) is 0 Å². The summed E-state index contributed by atoms with van der Waals surface area (Å²) in [5.41, 5.74) is 0.404. The largest absolute Gasteiger partial charge is 0.494 e. The molecule has 0 aliphatic rings. The molecule has 0 aliphatic carbocycles. The van der Waals surface area contributed by atoms with Gasteiger partial charge in [-0.1, -0.05) is 60.7 Å². The van der Waals surface area contributed by atoms with Gasteiger partial charge in [0.2, 0.25) is 5.88 Å². The number of nitrogens with one attached hydrogen (secondary N) is 1. The molecule has 3 aromatic rings. The third kappa shape index (κ3) is 4.76. The van der Waals surface area contributed by atoms with Crippen LogP contribution in [0.1, 0.15) is 49.8 Å². The lowest BCUT2D eigenvalue weighted by Gasteiger charge is -2.23. The van der Waals surface area contributed by atoms with E-state index in [0.29, 0.717) is 6.54 Å². The van der Waals surface area contributed by atoms with E-state index in [1.54, 1.807) is 20.8 Å². The number of hydrogen-bond donors (Lipinski definition) is 2. The Labute approximate surface area is 175 Å². The molecule has 0 fully saturated rings. The molecule has 6 nitrogen and oxygen atoms in total. The van der Waals surface area contributed by atoms with Crippen LogP contribution in [0.15, 0.2) is 75.2 Å². The van der Waals surface area contributed by atoms with Crippen LogP contribution in [-0.2, 0) is 5.54 Å². The van der Waals surface area contributed by atoms with E-state index in [9.17, 15) is 14.7 Å². The minimum absolute atomic E-state index is 0.0134. The highest BCUT2D eigenvalue weighted by atomic mass is 16.3. The van der Waals surface area contributed by atoms with Crippen molar-refractivity contribution in [2.45, 2.75) is 38.6 Å². The quantitative estimate of drug-likeness (QED) is 0.614. The number of aromatic amines is 1. The highest BCUT2D eigenvalue weighted by Crippen LogP contribution is 2.27. The molecule has 0 saturated carbocycles. The summed E-state index contributed by atoms with van der Waals surface area (Å²) < 4.78 is 1.16. The van der Waals surface area contributed by atoms with E-state index in [1.165, 1.54) is 17.3 Å². The van der Waals surface area contributed by atoms with Gasteiger partial charge in [0.15, 0.2) is 0 Å². The van der Waals surface area contributed by atoms with E-state index in [4.69, 9.17) is 0 Å². The number of benzene rings is 2. The first kappa shape index (κ1) is 21.3. The molecule has 2 N–H and O–H groups in total.